The largest absolute Gasteiger partial charge is 0.391 e. The molecule has 0 radical (unpaired) electrons. The number of β-amino-alcohol motifs (C(OH)–C–C–N with tert-alkyl or cyclic N) is 1. The first-order chi connectivity index (χ1) is 17.4. The highest BCUT2D eigenvalue weighted by Crippen LogP contribution is 2.41. The zero-order valence-electron chi connectivity index (χ0n) is 18.8. The van der Waals surface area contributed by atoms with Crippen molar-refractivity contribution in [3.8, 4) is 11.1 Å². The van der Waals surface area contributed by atoms with Gasteiger partial charge in [0, 0.05) is 52.3 Å². The minimum Gasteiger partial charge on any atom is -0.391 e. The van der Waals surface area contributed by atoms with Gasteiger partial charge in [-0.3, -0.25) is 4.79 Å². The van der Waals surface area contributed by atoms with E-state index in [0.717, 1.165) is 5.56 Å². The number of carbonyl (C=O) groups is 2. The van der Waals surface area contributed by atoms with E-state index in [1.807, 2.05) is 6.07 Å². The highest BCUT2D eigenvalue weighted by molar-refractivity contribution is 6.31. The number of aliphatic hydroxyl groups excluding tert-OH is 1. The standard InChI is InChI=1S/C25H20ClFN6O3/c26-19-3-2-15(27)9-17(19)23-22-18(24(35)31-23)7-14(13-1-4-21-28-12-29-33(21)10-13)8-20(22)30-25(36)32-6-5-16(34)11-32/h1-4,7-10,12,16,23,34H,5-6,11H2,(H,30,36)(H,31,35)/t16-,23?/m1/s1. The number of likely N-dealkylation sites (tertiary alicyclic amines) is 1. The zero-order chi connectivity index (χ0) is 25.0. The van der Waals surface area contributed by atoms with Gasteiger partial charge in [-0.25, -0.2) is 18.7 Å². The fourth-order valence-corrected chi connectivity index (χ4v) is 5.01. The number of halogens is 2. The van der Waals surface area contributed by atoms with Crippen molar-refractivity contribution in [2.45, 2.75) is 18.6 Å². The molecule has 4 heterocycles. The number of nitrogens with one attached hydrogen (secondary N) is 2. The van der Waals surface area contributed by atoms with Gasteiger partial charge in [-0.1, -0.05) is 11.6 Å². The number of fused-ring (bicyclic) bond motifs is 2. The Morgan fingerprint density at radius 1 is 1.19 bits per heavy atom. The van der Waals surface area contributed by atoms with Gasteiger partial charge in [0.25, 0.3) is 5.91 Å². The number of aliphatic hydroxyl groups is 1. The van der Waals surface area contributed by atoms with Gasteiger partial charge in [-0.05, 0) is 54.4 Å². The molecule has 2 aliphatic heterocycles. The normalized spacial score (nSPS) is 19.0. The van der Waals surface area contributed by atoms with Crippen molar-refractivity contribution < 1.29 is 19.1 Å². The number of benzene rings is 2. The summed E-state index contributed by atoms with van der Waals surface area (Å²) in [6.45, 7) is 0.626. The van der Waals surface area contributed by atoms with Gasteiger partial charge in [-0.2, -0.15) is 5.10 Å². The number of carbonyl (C=O) groups excluding carboxylic acids is 2. The third kappa shape index (κ3) is 3.84. The maximum Gasteiger partial charge on any atom is 0.321 e. The first kappa shape index (κ1) is 22.4. The predicted octanol–water partition coefficient (Wildman–Crippen LogP) is 3.62. The summed E-state index contributed by atoms with van der Waals surface area (Å²) in [6, 6.07) is 9.93. The SMILES string of the molecule is O=C1NC(c2cc(F)ccc2Cl)c2c(NC(=O)N3CC[C@@H](O)C3)cc(-c3ccc4ncnn4c3)cc21. The molecular weight excluding hydrogens is 487 g/mol. The summed E-state index contributed by atoms with van der Waals surface area (Å²) in [4.78, 5) is 31.9. The Kier molecular flexibility index (Phi) is 5.35. The van der Waals surface area contributed by atoms with Crippen LogP contribution in [0.3, 0.4) is 0 Å². The minimum absolute atomic E-state index is 0.215. The molecule has 2 aliphatic rings. The molecule has 182 valence electrons. The van der Waals surface area contributed by atoms with Crippen molar-refractivity contribution in [3.63, 3.8) is 0 Å². The summed E-state index contributed by atoms with van der Waals surface area (Å²) in [7, 11) is 0. The Morgan fingerprint density at radius 3 is 2.86 bits per heavy atom. The van der Waals surface area contributed by atoms with Gasteiger partial charge in [0.15, 0.2) is 5.65 Å². The molecule has 1 fully saturated rings. The van der Waals surface area contributed by atoms with E-state index < -0.39 is 24.0 Å². The highest BCUT2D eigenvalue weighted by Gasteiger charge is 2.35. The van der Waals surface area contributed by atoms with Crippen molar-refractivity contribution in [1.29, 1.82) is 0 Å². The molecule has 1 unspecified atom stereocenters. The summed E-state index contributed by atoms with van der Waals surface area (Å²) in [5.74, 6) is -0.863. The lowest BCUT2D eigenvalue weighted by atomic mass is 9.93. The summed E-state index contributed by atoms with van der Waals surface area (Å²) < 4.78 is 15.7. The molecule has 2 aromatic carbocycles. The smallest absolute Gasteiger partial charge is 0.321 e. The zero-order valence-corrected chi connectivity index (χ0v) is 19.5. The molecule has 1 saturated heterocycles. The number of aromatic nitrogens is 3. The maximum absolute atomic E-state index is 14.1. The third-order valence-electron chi connectivity index (χ3n) is 6.56. The number of hydrogen-bond donors (Lipinski definition) is 3. The van der Waals surface area contributed by atoms with Crippen LogP contribution in [0.5, 0.6) is 0 Å². The van der Waals surface area contributed by atoms with Gasteiger partial charge in [0.05, 0.1) is 12.1 Å². The number of rotatable bonds is 3. The Labute approximate surface area is 209 Å². The van der Waals surface area contributed by atoms with Crippen LogP contribution in [0.2, 0.25) is 5.02 Å². The predicted molar refractivity (Wildman–Crippen MR) is 130 cm³/mol. The molecular formula is C25H20ClFN6O3. The van der Waals surface area contributed by atoms with Crippen LogP contribution < -0.4 is 10.6 Å². The molecule has 36 heavy (non-hydrogen) atoms. The summed E-state index contributed by atoms with van der Waals surface area (Å²) in [5, 5.41) is 20.1. The fraction of sp³-hybridized carbons (Fsp3) is 0.200. The molecule has 0 bridgehead atoms. The van der Waals surface area contributed by atoms with E-state index in [1.165, 1.54) is 29.4 Å². The van der Waals surface area contributed by atoms with E-state index in [0.29, 0.717) is 46.6 Å². The lowest BCUT2D eigenvalue weighted by molar-refractivity contribution is 0.0960. The number of anilines is 1. The number of amides is 3. The van der Waals surface area contributed by atoms with Crippen LogP contribution in [0, 0.1) is 5.82 Å². The van der Waals surface area contributed by atoms with E-state index in [9.17, 15) is 19.1 Å². The Hall–Kier alpha value is -4.02. The van der Waals surface area contributed by atoms with Crippen LogP contribution in [0.1, 0.15) is 33.9 Å². The second-order valence-electron chi connectivity index (χ2n) is 8.86. The molecule has 2 aromatic heterocycles. The van der Waals surface area contributed by atoms with Crippen LogP contribution in [0.25, 0.3) is 16.8 Å². The van der Waals surface area contributed by atoms with Gasteiger partial charge in [0.2, 0.25) is 0 Å². The highest BCUT2D eigenvalue weighted by atomic mass is 35.5. The molecule has 0 saturated carbocycles. The second kappa shape index (κ2) is 8.58. The summed E-state index contributed by atoms with van der Waals surface area (Å²) in [5.41, 5.74) is 3.69. The van der Waals surface area contributed by atoms with E-state index >= 15 is 0 Å². The van der Waals surface area contributed by atoms with Gasteiger partial charge < -0.3 is 20.6 Å². The number of nitrogens with zero attached hydrogens (tertiary/aromatic N) is 4. The van der Waals surface area contributed by atoms with E-state index in [1.54, 1.807) is 28.9 Å². The lowest BCUT2D eigenvalue weighted by Crippen LogP contribution is -2.34. The first-order valence-corrected chi connectivity index (χ1v) is 11.7. The van der Waals surface area contributed by atoms with Gasteiger partial charge in [0.1, 0.15) is 12.1 Å². The van der Waals surface area contributed by atoms with Crippen molar-refractivity contribution >= 4 is 34.9 Å². The first-order valence-electron chi connectivity index (χ1n) is 11.3. The molecule has 4 aromatic rings. The average Bonchev–Trinajstić information content (AvgIpc) is 3.59. The van der Waals surface area contributed by atoms with Crippen molar-refractivity contribution in [1.82, 2.24) is 24.8 Å². The van der Waals surface area contributed by atoms with Crippen molar-refractivity contribution in [2.24, 2.45) is 0 Å². The monoisotopic (exact) mass is 506 g/mol. The number of urea groups is 1. The Bertz CT molecular complexity index is 1540. The van der Waals surface area contributed by atoms with Crippen LogP contribution >= 0.6 is 11.6 Å². The van der Waals surface area contributed by atoms with Crippen molar-refractivity contribution in [3.05, 3.63) is 82.5 Å². The molecule has 9 nitrogen and oxygen atoms in total. The summed E-state index contributed by atoms with van der Waals surface area (Å²) in [6.07, 6.45) is 3.13. The maximum atomic E-state index is 14.1. The van der Waals surface area contributed by atoms with Crippen LogP contribution in [-0.2, 0) is 0 Å². The molecule has 2 atom stereocenters. The molecule has 0 spiro atoms. The Balaban J connectivity index is 1.49. The fourth-order valence-electron chi connectivity index (χ4n) is 4.78. The average molecular weight is 507 g/mol. The quantitative estimate of drug-likeness (QED) is 0.393. The lowest BCUT2D eigenvalue weighted by Gasteiger charge is -2.21. The molecule has 0 aliphatic carbocycles. The van der Waals surface area contributed by atoms with E-state index in [-0.39, 0.29) is 17.5 Å². The number of hydrogen-bond acceptors (Lipinski definition) is 5. The van der Waals surface area contributed by atoms with Crippen LogP contribution in [0.15, 0.2) is 55.0 Å². The van der Waals surface area contributed by atoms with Gasteiger partial charge in [-0.15, -0.1) is 0 Å². The van der Waals surface area contributed by atoms with Crippen LogP contribution in [-0.4, -0.2) is 55.7 Å². The third-order valence-corrected chi connectivity index (χ3v) is 6.90. The summed E-state index contributed by atoms with van der Waals surface area (Å²) >= 11 is 6.38. The molecule has 11 heteroatoms. The van der Waals surface area contributed by atoms with Gasteiger partial charge >= 0.3 is 6.03 Å². The van der Waals surface area contributed by atoms with Crippen molar-refractivity contribution in [2.75, 3.05) is 18.4 Å². The van der Waals surface area contributed by atoms with E-state index in [4.69, 9.17) is 11.6 Å². The molecule has 3 N–H and O–H groups in total. The number of pyridine rings is 1. The topological polar surface area (TPSA) is 112 Å². The van der Waals surface area contributed by atoms with E-state index in [2.05, 4.69) is 20.7 Å². The molecule has 3 amide bonds. The molecule has 6 rings (SSSR count). The minimum atomic E-state index is -0.762. The van der Waals surface area contributed by atoms with Crippen LogP contribution in [0.4, 0.5) is 14.9 Å². The second-order valence-corrected chi connectivity index (χ2v) is 9.26. The Morgan fingerprint density at radius 2 is 2.06 bits per heavy atom.